The number of sulfonamides is 1. The van der Waals surface area contributed by atoms with Gasteiger partial charge in [0.25, 0.3) is 10.0 Å². The zero-order valence-electron chi connectivity index (χ0n) is 22.3. The highest BCUT2D eigenvalue weighted by Gasteiger charge is 2.33. The van der Waals surface area contributed by atoms with Crippen LogP contribution in [0.5, 0.6) is 0 Å². The van der Waals surface area contributed by atoms with E-state index in [1.807, 2.05) is 45.0 Å². The molecule has 0 bridgehead atoms. The quantitative estimate of drug-likeness (QED) is 0.377. The number of amides is 2. The molecule has 2 amide bonds. The second-order valence-corrected chi connectivity index (χ2v) is 11.9. The highest BCUT2D eigenvalue weighted by Crippen LogP contribution is 2.30. The summed E-state index contributed by atoms with van der Waals surface area (Å²) in [5.74, 6) is -0.839. The standard InChI is InChI=1S/C29H34ClN3O4S/c1-20(2)31-29(35)23(5)32(18-24-11-9-10-21(3)16-24)28(34)19-33(27-17-25(30)15-14-22(27)4)38(36,37)26-12-7-6-8-13-26/h6-17,20,23H,18-19H2,1-5H3,(H,31,35)/t23-/m1/s1. The predicted molar refractivity (Wildman–Crippen MR) is 152 cm³/mol. The lowest BCUT2D eigenvalue weighted by molar-refractivity contribution is -0.139. The maximum absolute atomic E-state index is 13.9. The summed E-state index contributed by atoms with van der Waals surface area (Å²) in [5, 5.41) is 3.19. The predicted octanol–water partition coefficient (Wildman–Crippen LogP) is 5.09. The summed E-state index contributed by atoms with van der Waals surface area (Å²) in [4.78, 5) is 28.4. The van der Waals surface area contributed by atoms with E-state index < -0.39 is 28.5 Å². The fourth-order valence-electron chi connectivity index (χ4n) is 4.08. The van der Waals surface area contributed by atoms with Crippen LogP contribution in [0, 0.1) is 13.8 Å². The Morgan fingerprint density at radius 2 is 1.61 bits per heavy atom. The lowest BCUT2D eigenvalue weighted by Gasteiger charge is -2.32. The highest BCUT2D eigenvalue weighted by molar-refractivity contribution is 7.92. The van der Waals surface area contributed by atoms with Gasteiger partial charge in [-0.3, -0.25) is 13.9 Å². The first kappa shape index (κ1) is 29.2. The third-order valence-corrected chi connectivity index (χ3v) is 8.09. The molecule has 202 valence electrons. The molecule has 0 fully saturated rings. The molecule has 3 rings (SSSR count). The number of nitrogens with one attached hydrogen (secondary N) is 1. The Hall–Kier alpha value is -3.36. The Kier molecular flexibility index (Phi) is 9.57. The maximum atomic E-state index is 13.9. The molecule has 0 saturated carbocycles. The summed E-state index contributed by atoms with van der Waals surface area (Å²) in [6, 6.07) is 19.5. The molecule has 0 spiro atoms. The topological polar surface area (TPSA) is 86.8 Å². The minimum atomic E-state index is -4.14. The van der Waals surface area contributed by atoms with Crippen LogP contribution >= 0.6 is 11.6 Å². The third-order valence-electron chi connectivity index (χ3n) is 6.08. The molecule has 0 heterocycles. The zero-order chi connectivity index (χ0) is 28.0. The maximum Gasteiger partial charge on any atom is 0.264 e. The molecule has 0 aromatic heterocycles. The second-order valence-electron chi connectivity index (χ2n) is 9.61. The van der Waals surface area contributed by atoms with Crippen LogP contribution < -0.4 is 9.62 Å². The number of hydrogen-bond donors (Lipinski definition) is 1. The smallest absolute Gasteiger partial charge is 0.264 e. The number of rotatable bonds is 10. The van der Waals surface area contributed by atoms with Crippen LogP contribution in [0.25, 0.3) is 0 Å². The highest BCUT2D eigenvalue weighted by atomic mass is 35.5. The van der Waals surface area contributed by atoms with Crippen molar-refractivity contribution in [1.29, 1.82) is 0 Å². The molecule has 0 aliphatic carbocycles. The van der Waals surface area contributed by atoms with Gasteiger partial charge in [-0.2, -0.15) is 0 Å². The largest absolute Gasteiger partial charge is 0.352 e. The Bertz CT molecular complexity index is 1390. The fraction of sp³-hybridized carbons (Fsp3) is 0.310. The van der Waals surface area contributed by atoms with Gasteiger partial charge in [0.2, 0.25) is 11.8 Å². The number of anilines is 1. The van der Waals surface area contributed by atoms with E-state index in [1.165, 1.54) is 23.1 Å². The van der Waals surface area contributed by atoms with E-state index in [-0.39, 0.29) is 23.4 Å². The van der Waals surface area contributed by atoms with E-state index >= 15 is 0 Å². The molecule has 7 nitrogen and oxygen atoms in total. The number of carbonyl (C=O) groups excluding carboxylic acids is 2. The van der Waals surface area contributed by atoms with Gasteiger partial charge >= 0.3 is 0 Å². The number of aryl methyl sites for hydroxylation is 2. The summed E-state index contributed by atoms with van der Waals surface area (Å²) >= 11 is 6.25. The Labute approximate surface area is 230 Å². The number of halogens is 1. The van der Waals surface area contributed by atoms with Gasteiger partial charge in [0.05, 0.1) is 10.6 Å². The Balaban J connectivity index is 2.07. The second kappa shape index (κ2) is 12.5. The lowest BCUT2D eigenvalue weighted by atomic mass is 10.1. The number of benzene rings is 3. The molecular weight excluding hydrogens is 522 g/mol. The van der Waals surface area contributed by atoms with Crippen molar-refractivity contribution in [3.63, 3.8) is 0 Å². The number of carbonyl (C=O) groups is 2. The molecule has 0 saturated heterocycles. The molecule has 38 heavy (non-hydrogen) atoms. The number of nitrogens with zero attached hydrogens (tertiary/aromatic N) is 2. The van der Waals surface area contributed by atoms with Crippen LogP contribution in [0.2, 0.25) is 5.02 Å². The first-order valence-corrected chi connectivity index (χ1v) is 14.2. The van der Waals surface area contributed by atoms with Gasteiger partial charge in [-0.15, -0.1) is 0 Å². The van der Waals surface area contributed by atoms with Crippen molar-refractivity contribution in [1.82, 2.24) is 10.2 Å². The SMILES string of the molecule is Cc1cccc(CN(C(=O)CN(c2cc(Cl)ccc2C)S(=O)(=O)c2ccccc2)[C@H](C)C(=O)NC(C)C)c1. The van der Waals surface area contributed by atoms with Crippen molar-refractivity contribution >= 4 is 39.1 Å². The van der Waals surface area contributed by atoms with Crippen molar-refractivity contribution in [3.8, 4) is 0 Å². The van der Waals surface area contributed by atoms with Crippen LogP contribution in [0.1, 0.15) is 37.5 Å². The molecule has 0 radical (unpaired) electrons. The first-order chi connectivity index (χ1) is 17.9. The monoisotopic (exact) mass is 555 g/mol. The molecule has 1 N–H and O–H groups in total. The van der Waals surface area contributed by atoms with E-state index in [9.17, 15) is 18.0 Å². The zero-order valence-corrected chi connectivity index (χ0v) is 23.9. The van der Waals surface area contributed by atoms with Gasteiger partial charge in [-0.1, -0.05) is 65.7 Å². The van der Waals surface area contributed by atoms with Gasteiger partial charge in [0, 0.05) is 17.6 Å². The Morgan fingerprint density at radius 3 is 2.24 bits per heavy atom. The summed E-state index contributed by atoms with van der Waals surface area (Å²) in [7, 11) is -4.14. The van der Waals surface area contributed by atoms with Gasteiger partial charge in [-0.25, -0.2) is 8.42 Å². The van der Waals surface area contributed by atoms with Gasteiger partial charge in [-0.05, 0) is 70.0 Å². The van der Waals surface area contributed by atoms with Crippen LogP contribution in [-0.4, -0.2) is 43.8 Å². The van der Waals surface area contributed by atoms with E-state index in [0.29, 0.717) is 16.3 Å². The van der Waals surface area contributed by atoms with Gasteiger partial charge < -0.3 is 10.2 Å². The normalized spacial score (nSPS) is 12.2. The Morgan fingerprint density at radius 1 is 0.921 bits per heavy atom. The van der Waals surface area contributed by atoms with E-state index in [4.69, 9.17) is 11.6 Å². The summed E-state index contributed by atoms with van der Waals surface area (Å²) < 4.78 is 28.8. The molecule has 0 aliphatic heterocycles. The summed E-state index contributed by atoms with van der Waals surface area (Å²) in [6.45, 7) is 8.66. The van der Waals surface area contributed by atoms with Crippen LogP contribution in [0.15, 0.2) is 77.7 Å². The molecule has 1 atom stereocenters. The minimum Gasteiger partial charge on any atom is -0.352 e. The molecule has 3 aromatic carbocycles. The molecule has 3 aromatic rings. The van der Waals surface area contributed by atoms with Crippen molar-refractivity contribution < 1.29 is 18.0 Å². The average Bonchev–Trinajstić information content (AvgIpc) is 2.87. The van der Waals surface area contributed by atoms with Crippen LogP contribution in [0.4, 0.5) is 5.69 Å². The van der Waals surface area contributed by atoms with Crippen molar-refractivity contribution in [3.05, 3.63) is 94.5 Å². The fourth-order valence-corrected chi connectivity index (χ4v) is 5.74. The van der Waals surface area contributed by atoms with Crippen molar-refractivity contribution in [2.24, 2.45) is 0 Å². The molecule has 0 unspecified atom stereocenters. The number of hydrogen-bond acceptors (Lipinski definition) is 4. The van der Waals surface area contributed by atoms with Crippen LogP contribution in [-0.2, 0) is 26.2 Å². The third kappa shape index (κ3) is 7.14. The average molecular weight is 556 g/mol. The van der Waals surface area contributed by atoms with E-state index in [2.05, 4.69) is 5.32 Å². The molecular formula is C29H34ClN3O4S. The van der Waals surface area contributed by atoms with Gasteiger partial charge in [0.15, 0.2) is 0 Å². The van der Waals surface area contributed by atoms with Gasteiger partial charge in [0.1, 0.15) is 12.6 Å². The van der Waals surface area contributed by atoms with Crippen LogP contribution in [0.3, 0.4) is 0 Å². The first-order valence-electron chi connectivity index (χ1n) is 12.4. The van der Waals surface area contributed by atoms with E-state index in [1.54, 1.807) is 44.2 Å². The minimum absolute atomic E-state index is 0.0445. The lowest BCUT2D eigenvalue weighted by Crippen LogP contribution is -2.52. The summed E-state index contributed by atoms with van der Waals surface area (Å²) in [6.07, 6.45) is 0. The molecule has 9 heteroatoms. The summed E-state index contributed by atoms with van der Waals surface area (Å²) in [5.41, 5.74) is 2.78. The molecule has 0 aliphatic rings. The van der Waals surface area contributed by atoms with E-state index in [0.717, 1.165) is 15.4 Å². The van der Waals surface area contributed by atoms with Crippen molar-refractivity contribution in [2.75, 3.05) is 10.8 Å². The van der Waals surface area contributed by atoms with Crippen molar-refractivity contribution in [2.45, 2.75) is 58.1 Å².